The molecule has 2 nitrogen and oxygen atoms in total. The molecule has 1 unspecified atom stereocenters. The molecule has 0 aliphatic heterocycles. The fourth-order valence-electron chi connectivity index (χ4n) is 2.02. The van der Waals surface area contributed by atoms with Crippen LogP contribution in [0.3, 0.4) is 0 Å². The molecule has 2 aromatic rings. The summed E-state index contributed by atoms with van der Waals surface area (Å²) >= 11 is 6.06. The smallest absolute Gasteiger partial charge is 0.142 e. The van der Waals surface area contributed by atoms with Crippen LogP contribution in [0.1, 0.15) is 31.9 Å². The molecule has 2 rings (SSSR count). The van der Waals surface area contributed by atoms with Gasteiger partial charge in [0.2, 0.25) is 0 Å². The second kappa shape index (κ2) is 7.32. The molecule has 0 radical (unpaired) electrons. The van der Waals surface area contributed by atoms with E-state index in [-0.39, 0.29) is 11.9 Å². The van der Waals surface area contributed by atoms with E-state index in [9.17, 15) is 4.39 Å². The van der Waals surface area contributed by atoms with Gasteiger partial charge in [-0.3, -0.25) is 0 Å². The summed E-state index contributed by atoms with van der Waals surface area (Å²) in [6.07, 6.45) is 0.940. The molecule has 0 fully saturated rings. The molecule has 0 amide bonds. The van der Waals surface area contributed by atoms with Crippen LogP contribution in [-0.4, -0.2) is 6.61 Å². The highest BCUT2D eigenvalue weighted by Crippen LogP contribution is 2.31. The maximum absolute atomic E-state index is 13.0. The first-order chi connectivity index (χ1) is 10.1. The summed E-state index contributed by atoms with van der Waals surface area (Å²) in [5.74, 6) is 0.538. The van der Waals surface area contributed by atoms with Crippen molar-refractivity contribution in [3.8, 4) is 5.75 Å². The van der Waals surface area contributed by atoms with E-state index < -0.39 is 0 Å². The minimum absolute atomic E-state index is 0.0213. The lowest BCUT2D eigenvalue weighted by atomic mass is 10.1. The van der Waals surface area contributed by atoms with Crippen LogP contribution in [0.2, 0.25) is 5.02 Å². The first-order valence-corrected chi connectivity index (χ1v) is 7.42. The van der Waals surface area contributed by atoms with E-state index in [2.05, 4.69) is 12.2 Å². The number of nitrogens with one attached hydrogen (secondary N) is 1. The zero-order chi connectivity index (χ0) is 15.2. The van der Waals surface area contributed by atoms with Gasteiger partial charge in [0.15, 0.2) is 0 Å². The molecule has 112 valence electrons. The third-order valence-corrected chi connectivity index (χ3v) is 3.38. The molecule has 0 saturated carbocycles. The van der Waals surface area contributed by atoms with Crippen molar-refractivity contribution in [3.05, 3.63) is 58.9 Å². The van der Waals surface area contributed by atoms with E-state index in [0.29, 0.717) is 11.6 Å². The molecule has 2 aromatic carbocycles. The van der Waals surface area contributed by atoms with Crippen LogP contribution >= 0.6 is 11.6 Å². The minimum atomic E-state index is -0.235. The maximum atomic E-state index is 13.0. The Kier molecular flexibility index (Phi) is 5.45. The van der Waals surface area contributed by atoms with E-state index in [4.69, 9.17) is 16.3 Å². The Morgan fingerprint density at radius 3 is 2.57 bits per heavy atom. The molecule has 1 atom stereocenters. The molecular formula is C17H19ClFNO. The number of benzene rings is 2. The van der Waals surface area contributed by atoms with Crippen LogP contribution in [0.4, 0.5) is 10.1 Å². The third-order valence-electron chi connectivity index (χ3n) is 3.15. The first-order valence-electron chi connectivity index (χ1n) is 7.04. The van der Waals surface area contributed by atoms with Gasteiger partial charge in [-0.25, -0.2) is 4.39 Å². The molecule has 0 aliphatic carbocycles. The van der Waals surface area contributed by atoms with Gasteiger partial charge in [-0.1, -0.05) is 30.7 Å². The standard InChI is InChI=1S/C17H19ClFNO/c1-3-10-21-17-9-6-14(18)11-16(17)20-12(2)13-4-7-15(19)8-5-13/h4-9,11-12,20H,3,10H2,1-2H3. The Balaban J connectivity index is 2.17. The zero-order valence-corrected chi connectivity index (χ0v) is 13.0. The lowest BCUT2D eigenvalue weighted by Crippen LogP contribution is -2.08. The normalized spacial score (nSPS) is 12.0. The Morgan fingerprint density at radius 1 is 1.19 bits per heavy atom. The maximum Gasteiger partial charge on any atom is 0.142 e. The summed E-state index contributed by atoms with van der Waals surface area (Å²) in [6.45, 7) is 4.73. The molecule has 0 heterocycles. The summed E-state index contributed by atoms with van der Waals surface area (Å²) in [5.41, 5.74) is 1.84. The number of anilines is 1. The Bertz CT molecular complexity index is 586. The van der Waals surface area contributed by atoms with E-state index in [1.807, 2.05) is 19.1 Å². The minimum Gasteiger partial charge on any atom is -0.491 e. The molecule has 1 N–H and O–H groups in total. The second-order valence-corrected chi connectivity index (χ2v) is 5.34. The molecule has 21 heavy (non-hydrogen) atoms. The topological polar surface area (TPSA) is 21.3 Å². The Hall–Kier alpha value is -1.74. The summed E-state index contributed by atoms with van der Waals surface area (Å²) in [4.78, 5) is 0. The lowest BCUT2D eigenvalue weighted by Gasteiger charge is -2.19. The van der Waals surface area contributed by atoms with Crippen molar-refractivity contribution < 1.29 is 9.13 Å². The zero-order valence-electron chi connectivity index (χ0n) is 12.2. The fourth-order valence-corrected chi connectivity index (χ4v) is 2.19. The summed E-state index contributed by atoms with van der Waals surface area (Å²) in [5, 5.41) is 4.01. The van der Waals surface area contributed by atoms with Gasteiger partial charge < -0.3 is 10.1 Å². The molecule has 0 aromatic heterocycles. The third kappa shape index (κ3) is 4.36. The highest BCUT2D eigenvalue weighted by Gasteiger charge is 2.10. The number of halogens is 2. The van der Waals surface area contributed by atoms with Crippen molar-refractivity contribution in [3.63, 3.8) is 0 Å². The number of hydrogen-bond donors (Lipinski definition) is 1. The number of rotatable bonds is 6. The van der Waals surface area contributed by atoms with Crippen LogP contribution in [-0.2, 0) is 0 Å². The SMILES string of the molecule is CCCOc1ccc(Cl)cc1NC(C)c1ccc(F)cc1. The van der Waals surface area contributed by atoms with E-state index in [1.165, 1.54) is 12.1 Å². The molecule has 0 aliphatic rings. The second-order valence-electron chi connectivity index (χ2n) is 4.91. The van der Waals surface area contributed by atoms with Crippen LogP contribution < -0.4 is 10.1 Å². The first kappa shape index (κ1) is 15.6. The number of hydrogen-bond acceptors (Lipinski definition) is 2. The average molecular weight is 308 g/mol. The van der Waals surface area contributed by atoms with Crippen LogP contribution in [0.15, 0.2) is 42.5 Å². The van der Waals surface area contributed by atoms with Crippen molar-refractivity contribution in [1.82, 2.24) is 0 Å². The highest BCUT2D eigenvalue weighted by atomic mass is 35.5. The molecular weight excluding hydrogens is 289 g/mol. The van der Waals surface area contributed by atoms with Gasteiger partial charge in [-0.2, -0.15) is 0 Å². The van der Waals surface area contributed by atoms with Crippen molar-refractivity contribution >= 4 is 17.3 Å². The summed E-state index contributed by atoms with van der Waals surface area (Å²) in [7, 11) is 0. The lowest BCUT2D eigenvalue weighted by molar-refractivity contribution is 0.318. The predicted octanol–water partition coefficient (Wildman–Crippen LogP) is 5.44. The molecule has 0 spiro atoms. The van der Waals surface area contributed by atoms with Gasteiger partial charge in [-0.15, -0.1) is 0 Å². The summed E-state index contributed by atoms with van der Waals surface area (Å²) in [6, 6.07) is 12.0. The van der Waals surface area contributed by atoms with E-state index in [0.717, 1.165) is 23.4 Å². The largest absolute Gasteiger partial charge is 0.491 e. The monoisotopic (exact) mass is 307 g/mol. The quantitative estimate of drug-likeness (QED) is 0.767. The van der Waals surface area contributed by atoms with E-state index >= 15 is 0 Å². The predicted molar refractivity (Wildman–Crippen MR) is 85.7 cm³/mol. The van der Waals surface area contributed by atoms with Gasteiger partial charge in [0.1, 0.15) is 11.6 Å². The van der Waals surface area contributed by atoms with Gasteiger partial charge in [0.25, 0.3) is 0 Å². The van der Waals surface area contributed by atoms with Gasteiger partial charge in [0, 0.05) is 11.1 Å². The molecule has 4 heteroatoms. The number of ether oxygens (including phenoxy) is 1. The molecule has 0 saturated heterocycles. The van der Waals surface area contributed by atoms with Crippen molar-refractivity contribution in [2.24, 2.45) is 0 Å². The Morgan fingerprint density at radius 2 is 1.90 bits per heavy atom. The van der Waals surface area contributed by atoms with Crippen molar-refractivity contribution in [1.29, 1.82) is 0 Å². The average Bonchev–Trinajstić information content (AvgIpc) is 2.47. The Labute approximate surface area is 129 Å². The van der Waals surface area contributed by atoms with Gasteiger partial charge in [0.05, 0.1) is 12.3 Å². The summed E-state index contributed by atoms with van der Waals surface area (Å²) < 4.78 is 18.7. The van der Waals surface area contributed by atoms with E-state index in [1.54, 1.807) is 18.2 Å². The van der Waals surface area contributed by atoms with Crippen molar-refractivity contribution in [2.75, 3.05) is 11.9 Å². The van der Waals surface area contributed by atoms with Gasteiger partial charge >= 0.3 is 0 Å². The van der Waals surface area contributed by atoms with Crippen LogP contribution in [0, 0.1) is 5.82 Å². The highest BCUT2D eigenvalue weighted by molar-refractivity contribution is 6.30. The molecule has 0 bridgehead atoms. The fraction of sp³-hybridized carbons (Fsp3) is 0.294. The van der Waals surface area contributed by atoms with Crippen LogP contribution in [0.25, 0.3) is 0 Å². The van der Waals surface area contributed by atoms with Crippen molar-refractivity contribution in [2.45, 2.75) is 26.3 Å². The van der Waals surface area contributed by atoms with Gasteiger partial charge in [-0.05, 0) is 49.2 Å². The van der Waals surface area contributed by atoms with Crippen LogP contribution in [0.5, 0.6) is 5.75 Å².